The Morgan fingerprint density at radius 3 is 2.68 bits per heavy atom. The van der Waals surface area contributed by atoms with E-state index in [1.54, 1.807) is 14.2 Å². The van der Waals surface area contributed by atoms with Crippen LogP contribution in [-0.4, -0.2) is 37.4 Å². The van der Waals surface area contributed by atoms with E-state index in [9.17, 15) is 0 Å². The van der Waals surface area contributed by atoms with Gasteiger partial charge in [0.25, 0.3) is 0 Å². The van der Waals surface area contributed by atoms with Crippen molar-refractivity contribution in [3.63, 3.8) is 0 Å². The van der Waals surface area contributed by atoms with Crippen LogP contribution < -0.4 is 14.8 Å². The molecular formula is C22H29N3O3. The van der Waals surface area contributed by atoms with E-state index >= 15 is 0 Å². The van der Waals surface area contributed by atoms with Gasteiger partial charge in [0.15, 0.2) is 0 Å². The van der Waals surface area contributed by atoms with Crippen molar-refractivity contribution in [1.29, 1.82) is 0 Å². The Morgan fingerprint density at radius 1 is 1.07 bits per heavy atom. The van der Waals surface area contributed by atoms with Crippen LogP contribution in [0.1, 0.15) is 54.2 Å². The minimum absolute atomic E-state index is 0.491. The van der Waals surface area contributed by atoms with Gasteiger partial charge in [0, 0.05) is 42.5 Å². The summed E-state index contributed by atoms with van der Waals surface area (Å²) in [6, 6.07) is 5.90. The molecule has 6 nitrogen and oxygen atoms in total. The molecule has 150 valence electrons. The summed E-state index contributed by atoms with van der Waals surface area (Å²) in [7, 11) is 3.35. The predicted octanol–water partition coefficient (Wildman–Crippen LogP) is 3.88. The summed E-state index contributed by atoms with van der Waals surface area (Å²) in [5, 5.41) is 3.57. The molecule has 0 atom stereocenters. The van der Waals surface area contributed by atoms with Gasteiger partial charge in [-0.1, -0.05) is 12.8 Å². The number of methoxy groups -OCH3 is 2. The van der Waals surface area contributed by atoms with Crippen molar-refractivity contribution in [2.24, 2.45) is 0 Å². The summed E-state index contributed by atoms with van der Waals surface area (Å²) in [5.74, 6) is 4.05. The van der Waals surface area contributed by atoms with Gasteiger partial charge < -0.3 is 19.5 Å². The lowest BCUT2D eigenvalue weighted by Gasteiger charge is -2.18. The monoisotopic (exact) mass is 383 g/mol. The second-order valence-electron chi connectivity index (χ2n) is 7.48. The summed E-state index contributed by atoms with van der Waals surface area (Å²) in [6.07, 6.45) is 6.66. The van der Waals surface area contributed by atoms with Crippen LogP contribution in [0.5, 0.6) is 11.5 Å². The zero-order chi connectivity index (χ0) is 19.3. The second kappa shape index (κ2) is 8.78. The summed E-state index contributed by atoms with van der Waals surface area (Å²) in [4.78, 5) is 9.93. The van der Waals surface area contributed by atoms with E-state index in [1.807, 2.05) is 18.2 Å². The van der Waals surface area contributed by atoms with Crippen LogP contribution in [0.3, 0.4) is 0 Å². The molecule has 1 aliphatic carbocycles. The number of hydrogen-bond acceptors (Lipinski definition) is 6. The number of nitrogens with one attached hydrogen (secondary N) is 1. The first-order valence-corrected chi connectivity index (χ1v) is 10.2. The molecule has 0 amide bonds. The molecule has 4 rings (SSSR count). The van der Waals surface area contributed by atoms with Crippen molar-refractivity contribution >= 4 is 5.82 Å². The number of nitrogens with zero attached hydrogens (tertiary/aromatic N) is 2. The highest BCUT2D eigenvalue weighted by Gasteiger charge is 2.24. The van der Waals surface area contributed by atoms with Gasteiger partial charge in [-0.2, -0.15) is 0 Å². The van der Waals surface area contributed by atoms with E-state index in [0.29, 0.717) is 12.5 Å². The van der Waals surface area contributed by atoms with E-state index in [2.05, 4.69) is 5.32 Å². The molecule has 1 aliphatic heterocycles. The lowest BCUT2D eigenvalue weighted by molar-refractivity contribution is 0.146. The van der Waals surface area contributed by atoms with E-state index in [0.717, 1.165) is 60.5 Å². The normalized spacial score (nSPS) is 17.1. The Morgan fingerprint density at radius 2 is 1.89 bits per heavy atom. The molecular weight excluding hydrogens is 354 g/mol. The van der Waals surface area contributed by atoms with Gasteiger partial charge in [-0.25, -0.2) is 9.97 Å². The number of ether oxygens (including phenoxy) is 3. The number of aromatic nitrogens is 2. The Bertz CT molecular complexity index is 819. The number of benzene rings is 1. The fraction of sp³-hybridized carbons (Fsp3) is 0.545. The molecule has 6 heteroatoms. The molecule has 0 spiro atoms. The molecule has 0 saturated heterocycles. The molecule has 0 radical (unpaired) electrons. The third-order valence-electron chi connectivity index (χ3n) is 5.75. The Kier molecular flexibility index (Phi) is 5.95. The SMILES string of the molecule is COc1ccc(CNc2nc(C3CCCC3)nc3c2CCOCC3)c(OC)c1. The third-order valence-corrected chi connectivity index (χ3v) is 5.75. The smallest absolute Gasteiger partial charge is 0.134 e. The van der Waals surface area contributed by atoms with Crippen molar-refractivity contribution in [2.75, 3.05) is 32.8 Å². The van der Waals surface area contributed by atoms with E-state index < -0.39 is 0 Å². The van der Waals surface area contributed by atoms with Crippen LogP contribution in [0, 0.1) is 0 Å². The van der Waals surface area contributed by atoms with Crippen molar-refractivity contribution in [2.45, 2.75) is 51.0 Å². The van der Waals surface area contributed by atoms with Crippen molar-refractivity contribution in [3.8, 4) is 11.5 Å². The van der Waals surface area contributed by atoms with Crippen LogP contribution in [0.2, 0.25) is 0 Å². The minimum Gasteiger partial charge on any atom is -0.497 e. The molecule has 0 unspecified atom stereocenters. The van der Waals surface area contributed by atoms with Crippen molar-refractivity contribution < 1.29 is 14.2 Å². The Balaban J connectivity index is 1.62. The molecule has 2 aromatic rings. The lowest BCUT2D eigenvalue weighted by atomic mass is 10.0. The minimum atomic E-state index is 0.491. The molecule has 1 N–H and O–H groups in total. The first kappa shape index (κ1) is 19.0. The molecule has 2 aliphatic rings. The first-order valence-electron chi connectivity index (χ1n) is 10.2. The fourth-order valence-corrected chi connectivity index (χ4v) is 4.15. The molecule has 1 aromatic heterocycles. The summed E-state index contributed by atoms with van der Waals surface area (Å²) >= 11 is 0. The number of rotatable bonds is 6. The highest BCUT2D eigenvalue weighted by Crippen LogP contribution is 2.34. The van der Waals surface area contributed by atoms with Crippen LogP contribution in [0.15, 0.2) is 18.2 Å². The first-order chi connectivity index (χ1) is 13.8. The van der Waals surface area contributed by atoms with E-state index in [-0.39, 0.29) is 0 Å². The molecule has 2 heterocycles. The van der Waals surface area contributed by atoms with Gasteiger partial charge in [-0.05, 0) is 25.0 Å². The lowest BCUT2D eigenvalue weighted by Crippen LogP contribution is -2.13. The molecule has 28 heavy (non-hydrogen) atoms. The van der Waals surface area contributed by atoms with Gasteiger partial charge in [-0.15, -0.1) is 0 Å². The predicted molar refractivity (Wildman–Crippen MR) is 108 cm³/mol. The second-order valence-corrected chi connectivity index (χ2v) is 7.48. The Hall–Kier alpha value is -2.34. The topological polar surface area (TPSA) is 65.5 Å². The van der Waals surface area contributed by atoms with Gasteiger partial charge in [0.05, 0.1) is 33.1 Å². The molecule has 1 aromatic carbocycles. The zero-order valence-electron chi connectivity index (χ0n) is 16.8. The van der Waals surface area contributed by atoms with Crippen LogP contribution >= 0.6 is 0 Å². The molecule has 0 bridgehead atoms. The largest absolute Gasteiger partial charge is 0.497 e. The third kappa shape index (κ3) is 4.07. The van der Waals surface area contributed by atoms with Crippen LogP contribution in [0.25, 0.3) is 0 Å². The quantitative estimate of drug-likeness (QED) is 0.817. The summed E-state index contributed by atoms with van der Waals surface area (Å²) < 4.78 is 16.5. The summed E-state index contributed by atoms with van der Waals surface area (Å²) in [5.41, 5.74) is 3.42. The van der Waals surface area contributed by atoms with Gasteiger partial charge >= 0.3 is 0 Å². The highest BCUT2D eigenvalue weighted by molar-refractivity contribution is 5.50. The highest BCUT2D eigenvalue weighted by atomic mass is 16.5. The number of hydrogen-bond donors (Lipinski definition) is 1. The van der Waals surface area contributed by atoms with E-state index in [1.165, 1.54) is 31.2 Å². The standard InChI is InChI=1S/C22H29N3O3/c1-26-17-8-7-16(20(13-17)27-2)14-23-22-18-9-11-28-12-10-19(18)24-21(25-22)15-5-3-4-6-15/h7-8,13,15H,3-6,9-12,14H2,1-2H3,(H,23,24,25). The Labute approximate surface area is 166 Å². The van der Waals surface area contributed by atoms with Crippen molar-refractivity contribution in [3.05, 3.63) is 40.8 Å². The van der Waals surface area contributed by atoms with Gasteiger partial charge in [0.2, 0.25) is 0 Å². The van der Waals surface area contributed by atoms with Gasteiger partial charge in [0.1, 0.15) is 23.1 Å². The fourth-order valence-electron chi connectivity index (χ4n) is 4.15. The van der Waals surface area contributed by atoms with E-state index in [4.69, 9.17) is 24.2 Å². The average Bonchev–Trinajstić information content (AvgIpc) is 3.17. The average molecular weight is 383 g/mol. The maximum absolute atomic E-state index is 5.69. The number of anilines is 1. The molecule has 1 fully saturated rings. The summed E-state index contributed by atoms with van der Waals surface area (Å²) in [6.45, 7) is 2.10. The van der Waals surface area contributed by atoms with Crippen LogP contribution in [-0.2, 0) is 24.1 Å². The zero-order valence-corrected chi connectivity index (χ0v) is 16.8. The number of fused-ring (bicyclic) bond motifs is 1. The van der Waals surface area contributed by atoms with Gasteiger partial charge in [-0.3, -0.25) is 0 Å². The maximum atomic E-state index is 5.69. The maximum Gasteiger partial charge on any atom is 0.134 e. The van der Waals surface area contributed by atoms with Crippen LogP contribution in [0.4, 0.5) is 5.82 Å². The molecule has 1 saturated carbocycles. The van der Waals surface area contributed by atoms with Crippen molar-refractivity contribution in [1.82, 2.24) is 9.97 Å².